The summed E-state index contributed by atoms with van der Waals surface area (Å²) in [6.07, 6.45) is 5.02. The van der Waals surface area contributed by atoms with Crippen LogP contribution in [-0.2, 0) is 4.79 Å². The quantitative estimate of drug-likeness (QED) is 0.758. The fourth-order valence-electron chi connectivity index (χ4n) is 0.990. The number of carbonyl (C=O) groups excluding carboxylic acids is 1. The lowest BCUT2D eigenvalue weighted by Gasteiger charge is -1.93. The van der Waals surface area contributed by atoms with Gasteiger partial charge in [0.1, 0.15) is 0 Å². The number of carbonyl (C=O) groups is 1. The fourth-order valence-corrected chi connectivity index (χ4v) is 1.36. The predicted octanol–water partition coefficient (Wildman–Crippen LogP) is 4.01. The Balaban J connectivity index is 2.44. The normalized spacial score (nSPS) is 10.7. The number of hydrogen-bond donors (Lipinski definition) is 0. The molecule has 0 heterocycles. The Bertz CT molecular complexity index is 330. The van der Waals surface area contributed by atoms with Gasteiger partial charge in [-0.1, -0.05) is 40.2 Å². The van der Waals surface area contributed by atoms with Gasteiger partial charge in [-0.3, -0.25) is 4.79 Å². The Morgan fingerprint density at radius 3 is 2.57 bits per heavy atom. The number of hydrogen-bond acceptors (Lipinski definition) is 1. The number of rotatable bonds is 4. The topological polar surface area (TPSA) is 17.1 Å². The summed E-state index contributed by atoms with van der Waals surface area (Å²) < 4.78 is 1.06. The van der Waals surface area contributed by atoms with Crippen molar-refractivity contribution in [2.75, 3.05) is 0 Å². The maximum absolute atomic E-state index is 10.4. The number of halogens is 2. The summed E-state index contributed by atoms with van der Waals surface area (Å²) in [6, 6.07) is 7.96. The molecule has 1 aromatic carbocycles. The first-order valence-corrected chi connectivity index (χ1v) is 5.46. The highest BCUT2D eigenvalue weighted by Crippen LogP contribution is 2.11. The van der Waals surface area contributed by atoms with Gasteiger partial charge in [0, 0.05) is 10.9 Å². The second-order valence-corrected chi connectivity index (χ2v) is 4.18. The molecule has 0 aliphatic heterocycles. The van der Waals surface area contributed by atoms with Crippen LogP contribution in [0.1, 0.15) is 18.4 Å². The first-order valence-electron chi connectivity index (χ1n) is 4.29. The van der Waals surface area contributed by atoms with Crippen LogP contribution >= 0.6 is 27.5 Å². The summed E-state index contributed by atoms with van der Waals surface area (Å²) in [7, 11) is 0. The molecule has 0 spiro atoms. The molecule has 14 heavy (non-hydrogen) atoms. The van der Waals surface area contributed by atoms with Crippen LogP contribution in [-0.4, -0.2) is 5.24 Å². The standard InChI is InChI=1S/C11H10BrClO/c12-10-7-5-9(6-8-10)3-1-2-4-11(13)14/h1,3,5-8H,2,4H2. The minimum absolute atomic E-state index is 0.287. The molecule has 1 nitrogen and oxygen atoms in total. The fraction of sp³-hybridized carbons (Fsp3) is 0.182. The molecule has 0 atom stereocenters. The number of allylic oxidation sites excluding steroid dienone is 1. The van der Waals surface area contributed by atoms with Crippen molar-refractivity contribution in [3.63, 3.8) is 0 Å². The SMILES string of the molecule is O=C(Cl)CCC=Cc1ccc(Br)cc1. The highest BCUT2D eigenvalue weighted by molar-refractivity contribution is 9.10. The largest absolute Gasteiger partial charge is 0.281 e. The zero-order chi connectivity index (χ0) is 10.4. The minimum atomic E-state index is -0.287. The van der Waals surface area contributed by atoms with Gasteiger partial charge in [0.25, 0.3) is 0 Å². The smallest absolute Gasteiger partial charge is 0.221 e. The van der Waals surface area contributed by atoms with Crippen molar-refractivity contribution in [1.82, 2.24) is 0 Å². The van der Waals surface area contributed by atoms with Crippen LogP contribution in [0.5, 0.6) is 0 Å². The summed E-state index contributed by atoms with van der Waals surface area (Å²) in [4.78, 5) is 10.4. The van der Waals surface area contributed by atoms with Crippen LogP contribution in [0.4, 0.5) is 0 Å². The first-order chi connectivity index (χ1) is 6.68. The van der Waals surface area contributed by atoms with Crippen molar-refractivity contribution in [3.8, 4) is 0 Å². The number of benzene rings is 1. The Kier molecular flexibility index (Phi) is 4.91. The van der Waals surface area contributed by atoms with Crippen LogP contribution in [0.25, 0.3) is 6.08 Å². The van der Waals surface area contributed by atoms with Crippen molar-refractivity contribution in [2.24, 2.45) is 0 Å². The molecule has 0 aromatic heterocycles. The van der Waals surface area contributed by atoms with E-state index in [9.17, 15) is 4.79 Å². The molecule has 0 bridgehead atoms. The average Bonchev–Trinajstić information content (AvgIpc) is 2.15. The van der Waals surface area contributed by atoms with E-state index in [1.165, 1.54) is 0 Å². The third kappa shape index (κ3) is 4.58. The van der Waals surface area contributed by atoms with E-state index in [0.29, 0.717) is 12.8 Å². The molecular weight excluding hydrogens is 263 g/mol. The zero-order valence-corrected chi connectivity index (χ0v) is 9.88. The van der Waals surface area contributed by atoms with Gasteiger partial charge < -0.3 is 0 Å². The maximum atomic E-state index is 10.4. The molecule has 0 amide bonds. The second kappa shape index (κ2) is 5.99. The van der Waals surface area contributed by atoms with Crippen molar-refractivity contribution in [3.05, 3.63) is 40.4 Å². The van der Waals surface area contributed by atoms with Crippen LogP contribution in [0.15, 0.2) is 34.8 Å². The van der Waals surface area contributed by atoms with E-state index in [4.69, 9.17) is 11.6 Å². The van der Waals surface area contributed by atoms with E-state index in [0.717, 1.165) is 10.0 Å². The Morgan fingerprint density at radius 1 is 1.36 bits per heavy atom. The lowest BCUT2D eigenvalue weighted by molar-refractivity contribution is -0.111. The van der Waals surface area contributed by atoms with Gasteiger partial charge in [-0.15, -0.1) is 0 Å². The van der Waals surface area contributed by atoms with Gasteiger partial charge in [0.2, 0.25) is 5.24 Å². The molecule has 0 N–H and O–H groups in total. The van der Waals surface area contributed by atoms with Crippen LogP contribution < -0.4 is 0 Å². The van der Waals surface area contributed by atoms with E-state index < -0.39 is 0 Å². The third-order valence-electron chi connectivity index (χ3n) is 1.69. The van der Waals surface area contributed by atoms with E-state index in [1.807, 2.05) is 36.4 Å². The Hall–Kier alpha value is -0.600. The molecule has 0 saturated carbocycles. The van der Waals surface area contributed by atoms with Crippen molar-refractivity contribution < 1.29 is 4.79 Å². The Labute approximate surface area is 96.9 Å². The molecule has 0 saturated heterocycles. The van der Waals surface area contributed by atoms with Crippen LogP contribution in [0, 0.1) is 0 Å². The molecule has 1 rings (SSSR count). The summed E-state index contributed by atoms with van der Waals surface area (Å²) in [6.45, 7) is 0. The zero-order valence-electron chi connectivity index (χ0n) is 7.54. The summed E-state index contributed by atoms with van der Waals surface area (Å²) in [5, 5.41) is -0.287. The third-order valence-corrected chi connectivity index (χ3v) is 2.41. The van der Waals surface area contributed by atoms with Crippen molar-refractivity contribution in [2.45, 2.75) is 12.8 Å². The van der Waals surface area contributed by atoms with E-state index >= 15 is 0 Å². The first kappa shape index (κ1) is 11.5. The van der Waals surface area contributed by atoms with E-state index in [-0.39, 0.29) is 5.24 Å². The van der Waals surface area contributed by atoms with Gasteiger partial charge in [-0.2, -0.15) is 0 Å². The van der Waals surface area contributed by atoms with Crippen molar-refractivity contribution >= 4 is 38.8 Å². The molecule has 0 aliphatic rings. The second-order valence-electron chi connectivity index (χ2n) is 2.85. The van der Waals surface area contributed by atoms with Gasteiger partial charge >= 0.3 is 0 Å². The van der Waals surface area contributed by atoms with Gasteiger partial charge in [-0.05, 0) is 35.7 Å². The predicted molar refractivity (Wildman–Crippen MR) is 63.3 cm³/mol. The molecular formula is C11H10BrClO. The average molecular weight is 274 g/mol. The molecule has 74 valence electrons. The van der Waals surface area contributed by atoms with E-state index in [1.54, 1.807) is 0 Å². The summed E-state index contributed by atoms with van der Waals surface area (Å²) >= 11 is 8.56. The monoisotopic (exact) mass is 272 g/mol. The highest BCUT2D eigenvalue weighted by atomic mass is 79.9. The lowest BCUT2D eigenvalue weighted by Crippen LogP contribution is -1.82. The van der Waals surface area contributed by atoms with Gasteiger partial charge in [-0.25, -0.2) is 0 Å². The molecule has 0 aliphatic carbocycles. The van der Waals surface area contributed by atoms with Crippen LogP contribution in [0.3, 0.4) is 0 Å². The van der Waals surface area contributed by atoms with Gasteiger partial charge in [0.15, 0.2) is 0 Å². The Morgan fingerprint density at radius 2 is 2.00 bits per heavy atom. The van der Waals surface area contributed by atoms with Crippen LogP contribution in [0.2, 0.25) is 0 Å². The summed E-state index contributed by atoms with van der Waals surface area (Å²) in [5.41, 5.74) is 1.12. The van der Waals surface area contributed by atoms with Crippen molar-refractivity contribution in [1.29, 1.82) is 0 Å². The molecule has 3 heteroatoms. The lowest BCUT2D eigenvalue weighted by atomic mass is 10.2. The highest BCUT2D eigenvalue weighted by Gasteiger charge is 1.91. The molecule has 0 unspecified atom stereocenters. The van der Waals surface area contributed by atoms with E-state index in [2.05, 4.69) is 15.9 Å². The van der Waals surface area contributed by atoms with Gasteiger partial charge in [0.05, 0.1) is 0 Å². The minimum Gasteiger partial charge on any atom is -0.281 e. The maximum Gasteiger partial charge on any atom is 0.221 e. The molecule has 0 radical (unpaired) electrons. The molecule has 1 aromatic rings. The molecule has 0 fully saturated rings. The summed E-state index contributed by atoms with van der Waals surface area (Å²) in [5.74, 6) is 0.